The number of amides is 1. The molecule has 0 aromatic heterocycles. The van der Waals surface area contributed by atoms with Gasteiger partial charge >= 0.3 is 6.09 Å². The summed E-state index contributed by atoms with van der Waals surface area (Å²) in [7, 11) is 0. The summed E-state index contributed by atoms with van der Waals surface area (Å²) in [5.74, 6) is -0.269. The predicted octanol–water partition coefficient (Wildman–Crippen LogP) is 3.07. The van der Waals surface area contributed by atoms with Crippen molar-refractivity contribution in [3.05, 3.63) is 29.1 Å². The second kappa shape index (κ2) is 7.83. The van der Waals surface area contributed by atoms with Crippen LogP contribution in [0.2, 0.25) is 0 Å². The van der Waals surface area contributed by atoms with Crippen molar-refractivity contribution in [1.82, 2.24) is 10.2 Å². The number of fused-ring (bicyclic) bond motifs is 1. The van der Waals surface area contributed by atoms with E-state index in [1.54, 1.807) is 6.07 Å². The van der Waals surface area contributed by atoms with Gasteiger partial charge in [0.05, 0.1) is 0 Å². The van der Waals surface area contributed by atoms with Crippen LogP contribution >= 0.6 is 0 Å². The van der Waals surface area contributed by atoms with E-state index in [0.717, 1.165) is 50.0 Å². The Morgan fingerprint density at radius 1 is 1.38 bits per heavy atom. The lowest BCUT2D eigenvalue weighted by Gasteiger charge is -2.29. The zero-order chi connectivity index (χ0) is 17.7. The standard InChI is InChI=1S/C18H28FN3O2/c1-18(2,3)24-17(23)21-7-4-5-8-22-9-6-15-13(12-22)10-14(19)11-16(15)20/h10-11H,4-9,12,20H2,1-3H3,(H,21,23). The monoisotopic (exact) mass is 337 g/mol. The Morgan fingerprint density at radius 3 is 2.83 bits per heavy atom. The Balaban J connectivity index is 1.68. The summed E-state index contributed by atoms with van der Waals surface area (Å²) in [6.45, 7) is 8.72. The minimum absolute atomic E-state index is 0.269. The smallest absolute Gasteiger partial charge is 0.407 e. The molecular formula is C18H28FN3O2. The van der Waals surface area contributed by atoms with E-state index in [2.05, 4.69) is 10.2 Å². The lowest BCUT2D eigenvalue weighted by Crippen LogP contribution is -2.34. The first kappa shape index (κ1) is 18.5. The van der Waals surface area contributed by atoms with Crippen molar-refractivity contribution in [3.63, 3.8) is 0 Å². The van der Waals surface area contributed by atoms with Gasteiger partial charge in [-0.05, 0) is 69.8 Å². The van der Waals surface area contributed by atoms with E-state index in [4.69, 9.17) is 10.5 Å². The van der Waals surface area contributed by atoms with E-state index in [1.807, 2.05) is 20.8 Å². The van der Waals surface area contributed by atoms with Crippen molar-refractivity contribution in [2.75, 3.05) is 25.4 Å². The number of nitrogens with one attached hydrogen (secondary N) is 1. The van der Waals surface area contributed by atoms with Crippen LogP contribution in [0.4, 0.5) is 14.9 Å². The highest BCUT2D eigenvalue weighted by Gasteiger charge is 2.19. The third-order valence-electron chi connectivity index (χ3n) is 3.98. The molecule has 0 spiro atoms. The number of hydrogen-bond acceptors (Lipinski definition) is 4. The second-order valence-electron chi connectivity index (χ2n) is 7.29. The van der Waals surface area contributed by atoms with E-state index in [1.165, 1.54) is 6.07 Å². The number of alkyl carbamates (subject to hydrolysis) is 1. The number of carbonyl (C=O) groups is 1. The number of anilines is 1. The molecule has 0 fully saturated rings. The summed E-state index contributed by atoms with van der Waals surface area (Å²) < 4.78 is 18.7. The first-order chi connectivity index (χ1) is 11.2. The van der Waals surface area contributed by atoms with Crippen molar-refractivity contribution in [2.24, 2.45) is 0 Å². The molecule has 0 bridgehead atoms. The van der Waals surface area contributed by atoms with Gasteiger partial charge in [0.2, 0.25) is 0 Å². The van der Waals surface area contributed by atoms with Gasteiger partial charge in [0.1, 0.15) is 11.4 Å². The fraction of sp³-hybridized carbons (Fsp3) is 0.611. The summed E-state index contributed by atoms with van der Waals surface area (Å²) >= 11 is 0. The fourth-order valence-electron chi connectivity index (χ4n) is 2.91. The lowest BCUT2D eigenvalue weighted by atomic mass is 9.97. The van der Waals surface area contributed by atoms with Gasteiger partial charge in [-0.25, -0.2) is 9.18 Å². The molecule has 1 aromatic rings. The molecule has 1 aromatic carbocycles. The van der Waals surface area contributed by atoms with Gasteiger partial charge in [0.25, 0.3) is 0 Å². The normalized spacial score (nSPS) is 15.0. The number of nitrogen functional groups attached to an aromatic ring is 1. The highest BCUT2D eigenvalue weighted by molar-refractivity contribution is 5.67. The average molecular weight is 337 g/mol. The molecule has 5 nitrogen and oxygen atoms in total. The number of benzene rings is 1. The van der Waals surface area contributed by atoms with Crippen LogP contribution in [0, 0.1) is 5.82 Å². The van der Waals surface area contributed by atoms with E-state index in [0.29, 0.717) is 12.2 Å². The first-order valence-corrected chi connectivity index (χ1v) is 8.50. The molecule has 1 heterocycles. The van der Waals surface area contributed by atoms with Crippen LogP contribution in [0.1, 0.15) is 44.7 Å². The highest BCUT2D eigenvalue weighted by Crippen LogP contribution is 2.25. The van der Waals surface area contributed by atoms with Crippen LogP contribution in [0.15, 0.2) is 12.1 Å². The van der Waals surface area contributed by atoms with E-state index >= 15 is 0 Å². The van der Waals surface area contributed by atoms with Crippen LogP contribution < -0.4 is 11.1 Å². The molecule has 6 heteroatoms. The van der Waals surface area contributed by atoms with Gasteiger partial charge in [-0.1, -0.05) is 0 Å². The second-order valence-corrected chi connectivity index (χ2v) is 7.29. The molecule has 1 aliphatic heterocycles. The number of ether oxygens (including phenoxy) is 1. The van der Waals surface area contributed by atoms with E-state index in [-0.39, 0.29) is 11.9 Å². The first-order valence-electron chi connectivity index (χ1n) is 8.50. The molecule has 0 radical (unpaired) electrons. The van der Waals surface area contributed by atoms with Crippen molar-refractivity contribution >= 4 is 11.8 Å². The molecule has 1 aliphatic rings. The summed E-state index contributed by atoms with van der Waals surface area (Å²) in [5, 5.41) is 2.76. The summed E-state index contributed by atoms with van der Waals surface area (Å²) in [6.07, 6.45) is 2.34. The van der Waals surface area contributed by atoms with Gasteiger partial charge in [-0.3, -0.25) is 4.90 Å². The van der Waals surface area contributed by atoms with Crippen LogP contribution in [0.3, 0.4) is 0 Å². The number of rotatable bonds is 5. The Bertz CT molecular complexity index is 584. The van der Waals surface area contributed by atoms with Gasteiger partial charge in [0, 0.05) is 25.3 Å². The minimum atomic E-state index is -0.470. The maximum absolute atomic E-state index is 13.5. The molecule has 0 atom stereocenters. The maximum atomic E-state index is 13.5. The van der Waals surface area contributed by atoms with Crippen molar-refractivity contribution in [3.8, 4) is 0 Å². The minimum Gasteiger partial charge on any atom is -0.444 e. The lowest BCUT2D eigenvalue weighted by molar-refractivity contribution is 0.0526. The quantitative estimate of drug-likeness (QED) is 0.640. The molecular weight excluding hydrogens is 309 g/mol. The number of unbranched alkanes of at least 4 members (excludes halogenated alkanes) is 1. The molecule has 134 valence electrons. The molecule has 2 rings (SSSR count). The summed E-state index contributed by atoms with van der Waals surface area (Å²) in [5.41, 5.74) is 8.05. The number of halogens is 1. The Hall–Kier alpha value is -1.82. The maximum Gasteiger partial charge on any atom is 0.407 e. The Morgan fingerprint density at radius 2 is 2.12 bits per heavy atom. The van der Waals surface area contributed by atoms with Crippen LogP contribution in [0.25, 0.3) is 0 Å². The SMILES string of the molecule is CC(C)(C)OC(=O)NCCCCN1CCc2c(N)cc(F)cc2C1. The van der Waals surface area contributed by atoms with Crippen LogP contribution in [-0.4, -0.2) is 36.2 Å². The van der Waals surface area contributed by atoms with E-state index < -0.39 is 5.60 Å². The zero-order valence-corrected chi connectivity index (χ0v) is 14.8. The predicted molar refractivity (Wildman–Crippen MR) is 93.3 cm³/mol. The van der Waals surface area contributed by atoms with Gasteiger partial charge < -0.3 is 15.8 Å². The molecule has 3 N–H and O–H groups in total. The Labute approximate surface area is 143 Å². The van der Waals surface area contributed by atoms with Gasteiger partial charge in [-0.2, -0.15) is 0 Å². The van der Waals surface area contributed by atoms with Crippen LogP contribution in [-0.2, 0) is 17.7 Å². The topological polar surface area (TPSA) is 67.6 Å². The molecule has 0 saturated heterocycles. The molecule has 0 aliphatic carbocycles. The third kappa shape index (κ3) is 5.67. The third-order valence-corrected chi connectivity index (χ3v) is 3.98. The molecule has 1 amide bonds. The fourth-order valence-corrected chi connectivity index (χ4v) is 2.91. The van der Waals surface area contributed by atoms with Crippen molar-refractivity contribution in [1.29, 1.82) is 0 Å². The Kier molecular flexibility index (Phi) is 6.04. The van der Waals surface area contributed by atoms with E-state index in [9.17, 15) is 9.18 Å². The largest absolute Gasteiger partial charge is 0.444 e. The summed E-state index contributed by atoms with van der Waals surface area (Å²) in [6, 6.07) is 2.98. The number of hydrogen-bond donors (Lipinski definition) is 2. The average Bonchev–Trinajstić information content (AvgIpc) is 2.44. The number of carbonyl (C=O) groups excluding carboxylic acids is 1. The highest BCUT2D eigenvalue weighted by atomic mass is 19.1. The molecule has 0 unspecified atom stereocenters. The van der Waals surface area contributed by atoms with Gasteiger partial charge in [-0.15, -0.1) is 0 Å². The van der Waals surface area contributed by atoms with Crippen molar-refractivity contribution < 1.29 is 13.9 Å². The van der Waals surface area contributed by atoms with Crippen LogP contribution in [0.5, 0.6) is 0 Å². The van der Waals surface area contributed by atoms with Crippen molar-refractivity contribution in [2.45, 2.75) is 52.2 Å². The number of nitrogens with two attached hydrogens (primary N) is 1. The number of nitrogens with zero attached hydrogens (tertiary/aromatic N) is 1. The molecule has 0 saturated carbocycles. The van der Waals surface area contributed by atoms with Gasteiger partial charge in [0.15, 0.2) is 0 Å². The zero-order valence-electron chi connectivity index (χ0n) is 14.8. The summed E-state index contributed by atoms with van der Waals surface area (Å²) in [4.78, 5) is 13.8. The molecule has 24 heavy (non-hydrogen) atoms.